The van der Waals surface area contributed by atoms with Gasteiger partial charge in [-0.15, -0.1) is 0 Å². The zero-order valence-electron chi connectivity index (χ0n) is 11.9. The van der Waals surface area contributed by atoms with Gasteiger partial charge in [-0.3, -0.25) is 4.79 Å². The summed E-state index contributed by atoms with van der Waals surface area (Å²) >= 11 is 0. The number of carbonyl (C=O) groups excluding carboxylic acids is 2. The highest BCUT2D eigenvalue weighted by Crippen LogP contribution is 2.20. The topological polar surface area (TPSA) is 55.8 Å². The third-order valence-corrected chi connectivity index (χ3v) is 2.90. The van der Waals surface area contributed by atoms with E-state index in [0.29, 0.717) is 6.61 Å². The summed E-state index contributed by atoms with van der Waals surface area (Å²) in [4.78, 5) is 25.2. The van der Waals surface area contributed by atoms with Gasteiger partial charge in [-0.1, -0.05) is 20.3 Å². The van der Waals surface area contributed by atoms with Crippen LogP contribution in [0.4, 0.5) is 4.79 Å². The first kappa shape index (κ1) is 15.0. The van der Waals surface area contributed by atoms with Gasteiger partial charge in [0.1, 0.15) is 11.7 Å². The Kier molecular flexibility index (Phi) is 4.73. The van der Waals surface area contributed by atoms with Gasteiger partial charge in [0.05, 0.1) is 13.2 Å². The molecule has 1 fully saturated rings. The van der Waals surface area contributed by atoms with Gasteiger partial charge in [0.2, 0.25) is 0 Å². The van der Waals surface area contributed by atoms with Crippen LogP contribution < -0.4 is 0 Å². The molecule has 18 heavy (non-hydrogen) atoms. The Labute approximate surface area is 108 Å². The van der Waals surface area contributed by atoms with Crippen LogP contribution in [0.25, 0.3) is 0 Å². The van der Waals surface area contributed by atoms with Crippen molar-refractivity contribution in [1.29, 1.82) is 0 Å². The van der Waals surface area contributed by atoms with Gasteiger partial charge in [-0.25, -0.2) is 9.69 Å². The number of ether oxygens (including phenoxy) is 2. The first-order chi connectivity index (χ1) is 8.26. The molecule has 0 bridgehead atoms. The number of rotatable bonds is 2. The number of nitrogens with zero attached hydrogens (tertiary/aromatic N) is 1. The van der Waals surface area contributed by atoms with Crippen molar-refractivity contribution in [3.8, 4) is 0 Å². The number of imide groups is 1. The molecular formula is C13H23NO4. The van der Waals surface area contributed by atoms with E-state index in [9.17, 15) is 9.59 Å². The molecule has 0 saturated carbocycles. The Morgan fingerprint density at radius 1 is 1.56 bits per heavy atom. The van der Waals surface area contributed by atoms with Gasteiger partial charge in [0.25, 0.3) is 5.91 Å². The number of hydrogen-bond donors (Lipinski definition) is 0. The predicted molar refractivity (Wildman–Crippen MR) is 67.1 cm³/mol. The highest BCUT2D eigenvalue weighted by atomic mass is 16.6. The Morgan fingerprint density at radius 2 is 2.17 bits per heavy atom. The van der Waals surface area contributed by atoms with Gasteiger partial charge >= 0.3 is 6.09 Å². The number of hydrogen-bond acceptors (Lipinski definition) is 4. The van der Waals surface area contributed by atoms with E-state index in [1.165, 1.54) is 0 Å². The third kappa shape index (κ3) is 3.70. The molecule has 1 saturated heterocycles. The quantitative estimate of drug-likeness (QED) is 0.761. The summed E-state index contributed by atoms with van der Waals surface area (Å²) in [6.07, 6.45) is -0.279. The van der Waals surface area contributed by atoms with Crippen LogP contribution in [0.5, 0.6) is 0 Å². The van der Waals surface area contributed by atoms with E-state index in [4.69, 9.17) is 9.47 Å². The van der Waals surface area contributed by atoms with Crippen LogP contribution in [0.15, 0.2) is 0 Å². The fourth-order valence-electron chi connectivity index (χ4n) is 1.73. The van der Waals surface area contributed by atoms with Crippen molar-refractivity contribution in [2.24, 2.45) is 5.92 Å². The molecule has 0 aliphatic carbocycles. The lowest BCUT2D eigenvalue weighted by Crippen LogP contribution is -2.53. The minimum absolute atomic E-state index is 0.0998. The van der Waals surface area contributed by atoms with E-state index in [-0.39, 0.29) is 18.4 Å². The smallest absolute Gasteiger partial charge is 0.417 e. The fourth-order valence-corrected chi connectivity index (χ4v) is 1.73. The molecule has 104 valence electrons. The maximum atomic E-state index is 12.2. The Bertz CT molecular complexity index is 321. The second-order valence-electron chi connectivity index (χ2n) is 5.65. The molecule has 1 aliphatic rings. The summed E-state index contributed by atoms with van der Waals surface area (Å²) in [5.41, 5.74) is -0.596. The maximum Gasteiger partial charge on any atom is 0.417 e. The first-order valence-electron chi connectivity index (χ1n) is 6.42. The van der Waals surface area contributed by atoms with Crippen LogP contribution in [0.3, 0.4) is 0 Å². The Morgan fingerprint density at radius 3 is 2.67 bits per heavy atom. The van der Waals surface area contributed by atoms with Crippen molar-refractivity contribution in [3.05, 3.63) is 0 Å². The molecule has 1 aliphatic heterocycles. The minimum atomic E-state index is -0.596. The molecule has 1 heterocycles. The predicted octanol–water partition coefficient (Wildman–Crippen LogP) is 2.20. The molecule has 0 spiro atoms. The fraction of sp³-hybridized carbons (Fsp3) is 0.846. The van der Waals surface area contributed by atoms with Crippen molar-refractivity contribution in [3.63, 3.8) is 0 Å². The third-order valence-electron chi connectivity index (χ3n) is 2.90. The molecule has 0 radical (unpaired) electrons. The summed E-state index contributed by atoms with van der Waals surface area (Å²) in [7, 11) is 0. The summed E-state index contributed by atoms with van der Waals surface area (Å²) < 4.78 is 10.7. The van der Waals surface area contributed by atoms with Gasteiger partial charge in [0, 0.05) is 0 Å². The van der Waals surface area contributed by atoms with Crippen LogP contribution in [0.2, 0.25) is 0 Å². The average Bonchev–Trinajstić information content (AvgIpc) is 2.26. The molecule has 5 nitrogen and oxygen atoms in total. The van der Waals surface area contributed by atoms with Gasteiger partial charge in [-0.2, -0.15) is 0 Å². The molecule has 0 aromatic heterocycles. The molecule has 2 amide bonds. The van der Waals surface area contributed by atoms with Gasteiger partial charge < -0.3 is 9.47 Å². The zero-order chi connectivity index (χ0) is 13.9. The monoisotopic (exact) mass is 257 g/mol. The first-order valence-corrected chi connectivity index (χ1v) is 6.42. The Hall–Kier alpha value is -1.10. The van der Waals surface area contributed by atoms with E-state index in [1.807, 2.05) is 13.8 Å². The van der Waals surface area contributed by atoms with Crippen LogP contribution >= 0.6 is 0 Å². The summed E-state index contributed by atoms with van der Waals surface area (Å²) in [6.45, 7) is 9.92. The van der Waals surface area contributed by atoms with E-state index in [2.05, 4.69) is 0 Å². The van der Waals surface area contributed by atoms with E-state index >= 15 is 0 Å². The molecule has 5 heteroatoms. The van der Waals surface area contributed by atoms with E-state index in [0.717, 1.165) is 11.3 Å². The second-order valence-corrected chi connectivity index (χ2v) is 5.65. The summed E-state index contributed by atoms with van der Waals surface area (Å²) in [6, 6.07) is 0. The average molecular weight is 257 g/mol. The minimum Gasteiger partial charge on any atom is -0.443 e. The van der Waals surface area contributed by atoms with Crippen LogP contribution in [-0.4, -0.2) is 41.8 Å². The molecule has 2 atom stereocenters. The van der Waals surface area contributed by atoms with Crippen LogP contribution in [0, 0.1) is 5.92 Å². The highest BCUT2D eigenvalue weighted by Gasteiger charge is 2.38. The highest BCUT2D eigenvalue weighted by molar-refractivity contribution is 5.95. The SMILES string of the molecule is CC[C@H](C)[C@@H]1OCCN(C(=O)OC(C)(C)C)C1=O. The second kappa shape index (κ2) is 5.69. The lowest BCUT2D eigenvalue weighted by Gasteiger charge is -2.34. The van der Waals surface area contributed by atoms with Crippen molar-refractivity contribution >= 4 is 12.0 Å². The van der Waals surface area contributed by atoms with Crippen molar-refractivity contribution < 1.29 is 19.1 Å². The molecule has 0 aromatic rings. The van der Waals surface area contributed by atoms with Crippen LogP contribution in [-0.2, 0) is 14.3 Å². The van der Waals surface area contributed by atoms with Gasteiger partial charge in [-0.05, 0) is 26.7 Å². The molecule has 0 unspecified atom stereocenters. The van der Waals surface area contributed by atoms with Crippen LogP contribution in [0.1, 0.15) is 41.0 Å². The van der Waals surface area contributed by atoms with E-state index in [1.54, 1.807) is 20.8 Å². The summed E-state index contributed by atoms with van der Waals surface area (Å²) in [5.74, 6) is -0.187. The van der Waals surface area contributed by atoms with Gasteiger partial charge in [0.15, 0.2) is 0 Å². The molecule has 0 aromatic carbocycles. The molecular weight excluding hydrogens is 234 g/mol. The number of amides is 2. The van der Waals surface area contributed by atoms with Crippen molar-refractivity contribution in [1.82, 2.24) is 4.90 Å². The summed E-state index contributed by atoms with van der Waals surface area (Å²) in [5, 5.41) is 0. The normalized spacial score (nSPS) is 22.8. The number of carbonyl (C=O) groups is 2. The van der Waals surface area contributed by atoms with Crippen molar-refractivity contribution in [2.75, 3.05) is 13.2 Å². The molecule has 1 rings (SSSR count). The maximum absolute atomic E-state index is 12.2. The lowest BCUT2D eigenvalue weighted by atomic mass is 10.00. The lowest BCUT2D eigenvalue weighted by molar-refractivity contribution is -0.155. The Balaban J connectivity index is 2.72. The zero-order valence-corrected chi connectivity index (χ0v) is 11.9. The largest absolute Gasteiger partial charge is 0.443 e. The standard InChI is InChI=1S/C13H23NO4/c1-6-9(2)10-11(15)14(7-8-17-10)12(16)18-13(3,4)5/h9-10H,6-8H2,1-5H3/t9-,10-/m0/s1. The van der Waals surface area contributed by atoms with Crippen molar-refractivity contribution in [2.45, 2.75) is 52.7 Å². The molecule has 0 N–H and O–H groups in total. The van der Waals surface area contributed by atoms with E-state index < -0.39 is 17.8 Å². The number of morpholine rings is 1.